The summed E-state index contributed by atoms with van der Waals surface area (Å²) in [7, 11) is 0. The van der Waals surface area contributed by atoms with E-state index in [9.17, 15) is 0 Å². The Hall–Kier alpha value is 0.629. The van der Waals surface area contributed by atoms with E-state index in [0.717, 1.165) is 13.1 Å². The Labute approximate surface area is 78.1 Å². The van der Waals surface area contributed by atoms with Crippen LogP contribution in [-0.4, -0.2) is 22.3 Å². The van der Waals surface area contributed by atoms with Crippen LogP contribution in [0.3, 0.4) is 0 Å². The molecule has 0 heterocycles. The van der Waals surface area contributed by atoms with E-state index in [1.807, 2.05) is 18.7 Å². The van der Waals surface area contributed by atoms with Crippen molar-refractivity contribution < 1.29 is 17.1 Å². The molecular weight excluding hydrogens is 202 g/mol. The van der Waals surface area contributed by atoms with E-state index in [2.05, 4.69) is 0 Å². The minimum Gasteiger partial charge on any atom is -0.411 e. The van der Waals surface area contributed by atoms with Crippen molar-refractivity contribution in [3.05, 3.63) is 0 Å². The molecule has 0 aliphatic heterocycles. The van der Waals surface area contributed by atoms with Gasteiger partial charge >= 0.3 is 17.1 Å². The largest absolute Gasteiger partial charge is 1.00 e. The molecule has 4 heteroatoms. The zero-order valence-electron chi connectivity index (χ0n) is 5.48. The Morgan fingerprint density at radius 2 is 1.78 bits per heavy atom. The van der Waals surface area contributed by atoms with Gasteiger partial charge in [-0.05, 0) is 13.8 Å². The van der Waals surface area contributed by atoms with E-state index in [1.54, 1.807) is 0 Å². The summed E-state index contributed by atoms with van der Waals surface area (Å²) < 4.78 is 0.579. The van der Waals surface area contributed by atoms with Crippen molar-refractivity contribution in [2.45, 2.75) is 13.8 Å². The van der Waals surface area contributed by atoms with Crippen LogP contribution < -0.4 is 0 Å². The molecule has 0 saturated heterocycles. The summed E-state index contributed by atoms with van der Waals surface area (Å²) in [6, 6.07) is 0. The second-order valence-corrected chi connectivity index (χ2v) is 2.47. The van der Waals surface area contributed by atoms with Gasteiger partial charge in [-0.1, -0.05) is 4.32 Å². The first-order valence-electron chi connectivity index (χ1n) is 2.68. The molecule has 0 unspecified atom stereocenters. The van der Waals surface area contributed by atoms with E-state index in [1.165, 1.54) is 0 Å². The van der Waals surface area contributed by atoms with Crippen molar-refractivity contribution in [2.24, 2.45) is 0 Å². The van der Waals surface area contributed by atoms with Gasteiger partial charge in [0, 0.05) is 13.1 Å². The van der Waals surface area contributed by atoms with Crippen LogP contribution in [0.15, 0.2) is 0 Å². The summed E-state index contributed by atoms with van der Waals surface area (Å²) in [5.41, 5.74) is 0. The Morgan fingerprint density at radius 1 is 1.44 bits per heavy atom. The molecule has 0 saturated carbocycles. The zero-order chi connectivity index (χ0) is 6.57. The molecule has 0 aliphatic rings. The van der Waals surface area contributed by atoms with Gasteiger partial charge in [0.25, 0.3) is 0 Å². The first kappa shape index (κ1) is 12.3. The maximum Gasteiger partial charge on any atom is 1.00 e. The van der Waals surface area contributed by atoms with E-state index >= 15 is 0 Å². The molecule has 0 fully saturated rings. The molecule has 0 atom stereocenters. The van der Waals surface area contributed by atoms with Crippen LogP contribution in [0, 0.1) is 0 Å². The van der Waals surface area contributed by atoms with Gasteiger partial charge in [-0.3, -0.25) is 0 Å². The predicted molar refractivity (Wildman–Crippen MR) is 42.9 cm³/mol. The molecule has 1 nitrogen and oxygen atoms in total. The van der Waals surface area contributed by atoms with Crippen LogP contribution in [0.4, 0.5) is 0 Å². The van der Waals surface area contributed by atoms with E-state index < -0.39 is 0 Å². The van der Waals surface area contributed by atoms with Gasteiger partial charge in [0.2, 0.25) is 0 Å². The number of hydrogen-bond acceptors (Lipinski definition) is 2. The van der Waals surface area contributed by atoms with Crippen LogP contribution in [0.5, 0.6) is 0 Å². The number of nitrogens with zero attached hydrogens (tertiary/aromatic N) is 1. The average molecular weight is 212 g/mol. The summed E-state index contributed by atoms with van der Waals surface area (Å²) in [6.07, 6.45) is 0. The molecule has 9 heavy (non-hydrogen) atoms. The molecule has 0 aliphatic carbocycles. The van der Waals surface area contributed by atoms with Gasteiger partial charge in [0.1, 0.15) is 0 Å². The van der Waals surface area contributed by atoms with Crippen LogP contribution in [0.2, 0.25) is 0 Å². The summed E-state index contributed by atoms with van der Waals surface area (Å²) in [5.74, 6) is 0. The average Bonchev–Trinajstić information content (AvgIpc) is 1.69. The number of thiocarbonyl (C=S) groups is 1. The first-order chi connectivity index (χ1) is 3.72. The fourth-order valence-electron chi connectivity index (χ4n) is 0.482. The van der Waals surface area contributed by atoms with Crippen LogP contribution >= 0.6 is 12.2 Å². The summed E-state index contributed by atoms with van der Waals surface area (Å²) >= 11 is 9.51. The van der Waals surface area contributed by atoms with Gasteiger partial charge in [-0.25, -0.2) is 0 Å². The second-order valence-electron chi connectivity index (χ2n) is 1.44. The third kappa shape index (κ3) is 5.09. The molecular formula is C5H10CuNS2. The maximum atomic E-state index is 4.76. The molecule has 0 amide bonds. The zero-order valence-corrected chi connectivity index (χ0v) is 8.05. The SMILES string of the molecule is CCN(CC)C(=S)[S-].[Cu+]. The summed E-state index contributed by atoms with van der Waals surface area (Å²) in [6.45, 7) is 5.95. The number of rotatable bonds is 2. The van der Waals surface area contributed by atoms with Gasteiger partial charge in [0.05, 0.1) is 0 Å². The molecule has 58 valence electrons. The van der Waals surface area contributed by atoms with Crippen molar-refractivity contribution in [1.29, 1.82) is 0 Å². The van der Waals surface area contributed by atoms with Crippen molar-refractivity contribution in [1.82, 2.24) is 4.90 Å². The molecule has 0 spiro atoms. The van der Waals surface area contributed by atoms with Crippen molar-refractivity contribution in [3.8, 4) is 0 Å². The topological polar surface area (TPSA) is 3.24 Å². The normalized spacial score (nSPS) is 7.78. The molecule has 0 bridgehead atoms. The fraction of sp³-hybridized carbons (Fsp3) is 0.800. The van der Waals surface area contributed by atoms with Crippen molar-refractivity contribution in [2.75, 3.05) is 13.1 Å². The van der Waals surface area contributed by atoms with Crippen LogP contribution in [0.1, 0.15) is 13.8 Å². The molecule has 0 rings (SSSR count). The van der Waals surface area contributed by atoms with Crippen LogP contribution in [0.25, 0.3) is 0 Å². The maximum absolute atomic E-state index is 4.76. The monoisotopic (exact) mass is 211 g/mol. The van der Waals surface area contributed by atoms with Gasteiger partial charge in [-0.2, -0.15) is 0 Å². The standard InChI is InChI=1S/C5H11NS2.Cu/c1-3-6(4-2)5(7)8;/h3-4H2,1-2H3,(H,7,8);/q;+1/p-1. The molecule has 0 aromatic rings. The number of hydrogen-bond donors (Lipinski definition) is 0. The van der Waals surface area contributed by atoms with Crippen molar-refractivity contribution in [3.63, 3.8) is 0 Å². The minimum absolute atomic E-state index is 0. The Morgan fingerprint density at radius 3 is 1.78 bits per heavy atom. The van der Waals surface area contributed by atoms with Crippen molar-refractivity contribution >= 4 is 29.2 Å². The second kappa shape index (κ2) is 6.75. The quantitative estimate of drug-likeness (QED) is 0.384. The van der Waals surface area contributed by atoms with Gasteiger partial charge in [0.15, 0.2) is 0 Å². The fourth-order valence-corrected chi connectivity index (χ4v) is 0.998. The third-order valence-corrected chi connectivity index (χ3v) is 1.54. The van der Waals surface area contributed by atoms with Gasteiger partial charge in [-0.15, -0.1) is 0 Å². The summed E-state index contributed by atoms with van der Waals surface area (Å²) in [4.78, 5) is 1.96. The molecule has 0 radical (unpaired) electrons. The van der Waals surface area contributed by atoms with Crippen LogP contribution in [-0.2, 0) is 29.7 Å². The third-order valence-electron chi connectivity index (χ3n) is 1.02. The Kier molecular flexibility index (Phi) is 9.23. The molecule has 0 aromatic carbocycles. The van der Waals surface area contributed by atoms with Gasteiger partial charge < -0.3 is 29.7 Å². The molecule has 0 aromatic heterocycles. The first-order valence-corrected chi connectivity index (χ1v) is 3.50. The Bertz CT molecular complexity index is 83.0. The molecule has 0 N–H and O–H groups in total. The Balaban J connectivity index is 0. The van der Waals surface area contributed by atoms with E-state index in [4.69, 9.17) is 24.8 Å². The van der Waals surface area contributed by atoms with E-state index in [0.29, 0.717) is 4.32 Å². The summed E-state index contributed by atoms with van der Waals surface area (Å²) in [5, 5.41) is 0. The van der Waals surface area contributed by atoms with E-state index in [-0.39, 0.29) is 17.1 Å². The predicted octanol–water partition coefficient (Wildman–Crippen LogP) is 1.16. The smallest absolute Gasteiger partial charge is 0.411 e. The minimum atomic E-state index is 0.